The molecular weight excluding hydrogens is 673 g/mol. The van der Waals surface area contributed by atoms with Gasteiger partial charge in [-0.2, -0.15) is 0 Å². The number of hydrogen-bond donors (Lipinski definition) is 0. The Hall–Kier alpha value is -6.74. The molecule has 0 unspecified atom stereocenters. The summed E-state index contributed by atoms with van der Waals surface area (Å²) in [5.74, 6) is 0. The Labute approximate surface area is 314 Å². The van der Waals surface area contributed by atoms with E-state index in [9.17, 15) is 0 Å². The number of rotatable bonds is 3. The molecule has 54 heavy (non-hydrogen) atoms. The van der Waals surface area contributed by atoms with Crippen LogP contribution in [0.1, 0.15) is 0 Å². The van der Waals surface area contributed by atoms with Crippen LogP contribution in [0.2, 0.25) is 0 Å². The van der Waals surface area contributed by atoms with Crippen LogP contribution in [0.25, 0.3) is 119 Å². The van der Waals surface area contributed by atoms with Gasteiger partial charge >= 0.3 is 0 Å². The van der Waals surface area contributed by atoms with Gasteiger partial charge in [0.2, 0.25) is 0 Å². The number of furan rings is 1. The Morgan fingerprint density at radius 3 is 1.59 bits per heavy atom. The van der Waals surface area contributed by atoms with Gasteiger partial charge in [0.05, 0.1) is 0 Å². The summed E-state index contributed by atoms with van der Waals surface area (Å²) in [6.07, 6.45) is 0. The van der Waals surface area contributed by atoms with Crippen LogP contribution in [0.4, 0.5) is 0 Å². The van der Waals surface area contributed by atoms with Crippen LogP contribution in [0.3, 0.4) is 0 Å². The van der Waals surface area contributed by atoms with Crippen molar-refractivity contribution in [2.24, 2.45) is 0 Å². The van der Waals surface area contributed by atoms with Gasteiger partial charge in [-0.1, -0.05) is 140 Å². The Morgan fingerprint density at radius 1 is 0.315 bits per heavy atom. The molecule has 0 saturated heterocycles. The summed E-state index contributed by atoms with van der Waals surface area (Å²) in [5, 5.41) is 14.8. The Kier molecular flexibility index (Phi) is 6.28. The lowest BCUT2D eigenvalue weighted by atomic mass is 9.85. The summed E-state index contributed by atoms with van der Waals surface area (Å²) in [4.78, 5) is 0. The second kappa shape index (κ2) is 11.4. The van der Waals surface area contributed by atoms with Gasteiger partial charge in [0, 0.05) is 36.3 Å². The topological polar surface area (TPSA) is 13.1 Å². The maximum atomic E-state index is 6.71. The molecular formula is C52H30OS. The fraction of sp³-hybridized carbons (Fsp3) is 0. The molecule has 12 aromatic rings. The quantitative estimate of drug-likeness (QED) is 0.167. The standard InChI is InChI=1S/C52H30OS/c1-2-10-32(11-3-1)48-38-12-4-6-14-40(38)49(41-15-7-5-13-39(41)48)37-23-22-33-28-34(20-21-35(33)29-37)36-19-18-31-24-25-43-50-45(53-52(43)44(31)30-36)26-27-47-51(50)42-16-8-9-17-46(42)54-47/h1-30H. The summed E-state index contributed by atoms with van der Waals surface area (Å²) in [6.45, 7) is 0. The Morgan fingerprint density at radius 2 is 0.870 bits per heavy atom. The summed E-state index contributed by atoms with van der Waals surface area (Å²) >= 11 is 1.85. The zero-order chi connectivity index (χ0) is 35.3. The summed E-state index contributed by atoms with van der Waals surface area (Å²) in [6, 6.07) is 66.7. The number of fused-ring (bicyclic) bond motifs is 12. The molecule has 0 saturated carbocycles. The van der Waals surface area contributed by atoms with Crippen molar-refractivity contribution in [1.29, 1.82) is 0 Å². The number of benzene rings is 10. The normalized spacial score (nSPS) is 12.1. The molecule has 0 aliphatic rings. The largest absolute Gasteiger partial charge is 0.455 e. The SMILES string of the molecule is c1ccc(-c2c3ccccc3c(-c3ccc4cc(-c5ccc6ccc7c(oc8ccc9sc%10ccccc%10c9c87)c6c5)ccc4c3)c3ccccc23)cc1. The molecule has 0 radical (unpaired) electrons. The van der Waals surface area contributed by atoms with E-state index in [-0.39, 0.29) is 0 Å². The van der Waals surface area contributed by atoms with Crippen LogP contribution < -0.4 is 0 Å². The van der Waals surface area contributed by atoms with Crippen molar-refractivity contribution >= 4 is 96.5 Å². The van der Waals surface area contributed by atoms with Crippen LogP contribution in [-0.2, 0) is 0 Å². The van der Waals surface area contributed by atoms with E-state index in [1.54, 1.807) is 0 Å². The van der Waals surface area contributed by atoms with E-state index in [1.165, 1.54) is 102 Å². The first-order valence-corrected chi connectivity index (χ1v) is 19.3. The highest BCUT2D eigenvalue weighted by molar-refractivity contribution is 7.26. The van der Waals surface area contributed by atoms with E-state index in [1.807, 2.05) is 11.3 Å². The molecule has 0 aliphatic carbocycles. The molecule has 12 rings (SSSR count). The van der Waals surface area contributed by atoms with Crippen molar-refractivity contribution in [3.05, 3.63) is 182 Å². The molecule has 0 amide bonds. The van der Waals surface area contributed by atoms with Crippen LogP contribution in [0.5, 0.6) is 0 Å². The second-order valence-corrected chi connectivity index (χ2v) is 15.5. The minimum atomic E-state index is 0.940. The summed E-state index contributed by atoms with van der Waals surface area (Å²) < 4.78 is 9.31. The molecule has 250 valence electrons. The van der Waals surface area contributed by atoms with Crippen molar-refractivity contribution < 1.29 is 4.42 Å². The molecule has 0 N–H and O–H groups in total. The molecule has 0 atom stereocenters. The van der Waals surface area contributed by atoms with Crippen LogP contribution in [0, 0.1) is 0 Å². The van der Waals surface area contributed by atoms with E-state index in [4.69, 9.17) is 4.42 Å². The van der Waals surface area contributed by atoms with Crippen molar-refractivity contribution in [3.63, 3.8) is 0 Å². The molecule has 1 nitrogen and oxygen atoms in total. The lowest BCUT2D eigenvalue weighted by Crippen LogP contribution is -1.90. The van der Waals surface area contributed by atoms with Crippen LogP contribution >= 0.6 is 11.3 Å². The van der Waals surface area contributed by atoms with E-state index < -0.39 is 0 Å². The van der Waals surface area contributed by atoms with E-state index in [0.29, 0.717) is 0 Å². The van der Waals surface area contributed by atoms with E-state index in [2.05, 4.69) is 182 Å². The summed E-state index contributed by atoms with van der Waals surface area (Å²) in [5.41, 5.74) is 9.31. The Bertz CT molecular complexity index is 3440. The van der Waals surface area contributed by atoms with Crippen molar-refractivity contribution in [1.82, 2.24) is 0 Å². The lowest BCUT2D eigenvalue weighted by Gasteiger charge is -2.18. The molecule has 0 spiro atoms. The first kappa shape index (κ1) is 29.8. The molecule has 0 bridgehead atoms. The third kappa shape index (κ3) is 4.32. The van der Waals surface area contributed by atoms with Gasteiger partial charge in [-0.05, 0) is 114 Å². The van der Waals surface area contributed by atoms with Gasteiger partial charge in [-0.25, -0.2) is 0 Å². The lowest BCUT2D eigenvalue weighted by molar-refractivity contribution is 0.673. The first-order chi connectivity index (χ1) is 26.8. The third-order valence-corrected chi connectivity index (χ3v) is 12.6. The fourth-order valence-electron chi connectivity index (χ4n) is 8.97. The highest BCUT2D eigenvalue weighted by Crippen LogP contribution is 2.46. The van der Waals surface area contributed by atoms with Crippen molar-refractivity contribution in [2.75, 3.05) is 0 Å². The zero-order valence-corrected chi connectivity index (χ0v) is 30.0. The minimum Gasteiger partial charge on any atom is -0.455 e. The average molecular weight is 703 g/mol. The second-order valence-electron chi connectivity index (χ2n) is 14.4. The van der Waals surface area contributed by atoms with Crippen molar-refractivity contribution in [3.8, 4) is 33.4 Å². The molecule has 0 aliphatic heterocycles. The van der Waals surface area contributed by atoms with E-state index >= 15 is 0 Å². The molecule has 2 heterocycles. The zero-order valence-electron chi connectivity index (χ0n) is 29.1. The number of thiophene rings is 1. The molecule has 0 fully saturated rings. The minimum absolute atomic E-state index is 0.940. The monoisotopic (exact) mass is 702 g/mol. The van der Waals surface area contributed by atoms with Crippen LogP contribution in [0.15, 0.2) is 186 Å². The third-order valence-electron chi connectivity index (χ3n) is 11.4. The molecule has 2 aromatic heterocycles. The maximum Gasteiger partial charge on any atom is 0.143 e. The van der Waals surface area contributed by atoms with Gasteiger partial charge in [-0.15, -0.1) is 11.3 Å². The van der Waals surface area contributed by atoms with Gasteiger partial charge in [-0.3, -0.25) is 0 Å². The van der Waals surface area contributed by atoms with Gasteiger partial charge in [0.15, 0.2) is 0 Å². The van der Waals surface area contributed by atoms with Gasteiger partial charge in [0.25, 0.3) is 0 Å². The highest BCUT2D eigenvalue weighted by atomic mass is 32.1. The summed E-state index contributed by atoms with van der Waals surface area (Å²) in [7, 11) is 0. The highest BCUT2D eigenvalue weighted by Gasteiger charge is 2.19. The Balaban J connectivity index is 1.00. The fourth-order valence-corrected chi connectivity index (χ4v) is 10.1. The maximum absolute atomic E-state index is 6.71. The first-order valence-electron chi connectivity index (χ1n) is 18.5. The molecule has 2 heteroatoms. The predicted octanol–water partition coefficient (Wildman–Crippen LogP) is 15.6. The average Bonchev–Trinajstić information content (AvgIpc) is 3.81. The predicted molar refractivity (Wildman–Crippen MR) is 233 cm³/mol. The number of hydrogen-bond acceptors (Lipinski definition) is 2. The molecule has 10 aromatic carbocycles. The van der Waals surface area contributed by atoms with Gasteiger partial charge in [0.1, 0.15) is 11.2 Å². The smallest absolute Gasteiger partial charge is 0.143 e. The van der Waals surface area contributed by atoms with E-state index in [0.717, 1.165) is 16.6 Å². The van der Waals surface area contributed by atoms with Crippen molar-refractivity contribution in [2.45, 2.75) is 0 Å². The van der Waals surface area contributed by atoms with Crippen LogP contribution in [-0.4, -0.2) is 0 Å². The van der Waals surface area contributed by atoms with Gasteiger partial charge < -0.3 is 4.42 Å².